The highest BCUT2D eigenvalue weighted by Crippen LogP contribution is 2.23. The van der Waals surface area contributed by atoms with Crippen LogP contribution in [0.15, 0.2) is 72.8 Å². The number of fused-ring (bicyclic) bond motifs is 1. The van der Waals surface area contributed by atoms with Gasteiger partial charge < -0.3 is 4.74 Å². The molecule has 3 aromatic carbocycles. The third kappa shape index (κ3) is 3.94. The number of carbonyl (C=O) groups is 1. The van der Waals surface area contributed by atoms with Crippen LogP contribution in [0.1, 0.15) is 16.7 Å². The van der Waals surface area contributed by atoms with Crippen LogP contribution in [-0.2, 0) is 11.3 Å². The molecule has 0 saturated carbocycles. The summed E-state index contributed by atoms with van der Waals surface area (Å²) in [6.45, 7) is 0.330. The van der Waals surface area contributed by atoms with Crippen molar-refractivity contribution in [3.8, 4) is 22.9 Å². The fraction of sp³-hybridized carbons (Fsp3) is 0.0870. The topological polar surface area (TPSA) is 89.2 Å². The number of rotatable bonds is 5. The van der Waals surface area contributed by atoms with Crippen molar-refractivity contribution in [2.45, 2.75) is 6.54 Å². The minimum Gasteiger partial charge on any atom is -0.484 e. The normalized spacial score (nSPS) is 12.2. The second-order valence-corrected chi connectivity index (χ2v) is 6.63. The van der Waals surface area contributed by atoms with Gasteiger partial charge in [-0.25, -0.2) is 0 Å². The number of nitrogens with zero attached hydrogens (tertiary/aromatic N) is 2. The molecule has 0 radical (unpaired) electrons. The zero-order valence-electron chi connectivity index (χ0n) is 15.6. The fourth-order valence-corrected chi connectivity index (χ4v) is 3.19. The van der Waals surface area contributed by atoms with Gasteiger partial charge in [-0.15, -0.1) is 0 Å². The highest BCUT2D eigenvalue weighted by atomic mass is 16.5. The molecule has 2 N–H and O–H groups in total. The first-order chi connectivity index (χ1) is 14.1. The number of hydrogen-bond donors (Lipinski definition) is 2. The van der Waals surface area contributed by atoms with Crippen molar-refractivity contribution in [1.29, 1.82) is 10.7 Å². The Kier molecular flexibility index (Phi) is 4.95. The van der Waals surface area contributed by atoms with Gasteiger partial charge in [-0.1, -0.05) is 48.5 Å². The molecule has 1 amide bonds. The number of hydrogen-bond acceptors (Lipinski definition) is 4. The highest BCUT2D eigenvalue weighted by Gasteiger charge is 2.25. The summed E-state index contributed by atoms with van der Waals surface area (Å²) in [5.74, 6) is 0.539. The van der Waals surface area contributed by atoms with Crippen molar-refractivity contribution in [3.63, 3.8) is 0 Å². The molecule has 0 unspecified atom stereocenters. The molecule has 0 bridgehead atoms. The molecule has 0 aliphatic carbocycles. The van der Waals surface area contributed by atoms with E-state index >= 15 is 0 Å². The van der Waals surface area contributed by atoms with Crippen LogP contribution in [0, 0.1) is 16.7 Å². The lowest BCUT2D eigenvalue weighted by molar-refractivity contribution is -0.126. The summed E-state index contributed by atoms with van der Waals surface area (Å²) >= 11 is 0. The first-order valence-electron chi connectivity index (χ1n) is 9.11. The Hall–Kier alpha value is -4.11. The van der Waals surface area contributed by atoms with Crippen LogP contribution >= 0.6 is 0 Å². The van der Waals surface area contributed by atoms with Crippen molar-refractivity contribution in [2.24, 2.45) is 0 Å². The fourth-order valence-electron chi connectivity index (χ4n) is 3.19. The van der Waals surface area contributed by atoms with E-state index < -0.39 is 0 Å². The van der Waals surface area contributed by atoms with Gasteiger partial charge in [-0.2, -0.15) is 5.26 Å². The van der Waals surface area contributed by atoms with Crippen LogP contribution in [0.4, 0.5) is 0 Å². The van der Waals surface area contributed by atoms with Crippen molar-refractivity contribution < 1.29 is 9.53 Å². The average molecular weight is 382 g/mol. The van der Waals surface area contributed by atoms with Gasteiger partial charge in [0.05, 0.1) is 18.2 Å². The van der Waals surface area contributed by atoms with Gasteiger partial charge in [0.25, 0.3) is 5.91 Å². The van der Waals surface area contributed by atoms with Gasteiger partial charge >= 0.3 is 0 Å². The van der Waals surface area contributed by atoms with Crippen molar-refractivity contribution in [2.75, 3.05) is 6.61 Å². The molecular formula is C23H18N4O2. The summed E-state index contributed by atoms with van der Waals surface area (Å²) in [5.41, 5.74) is 7.16. The summed E-state index contributed by atoms with van der Waals surface area (Å²) in [6.07, 6.45) is 0. The molecule has 0 spiro atoms. The quantitative estimate of drug-likeness (QED) is 0.707. The SMILES string of the molecule is N#Cc1ccc(-c2ccc(OCC(=O)NN3Cc4ccccc4C3=N)cc2)cc1. The van der Waals surface area contributed by atoms with Gasteiger partial charge in [0.2, 0.25) is 0 Å². The van der Waals surface area contributed by atoms with E-state index in [1.54, 1.807) is 24.3 Å². The molecule has 0 aromatic heterocycles. The van der Waals surface area contributed by atoms with Crippen molar-refractivity contribution >= 4 is 11.7 Å². The molecule has 1 heterocycles. The standard InChI is InChI=1S/C23H18N4O2/c24-13-16-5-7-17(8-6-16)18-9-11-20(12-10-18)29-15-22(28)26-27-14-19-3-1-2-4-21(19)23(27)25/h1-12,25H,14-15H2,(H,26,28). The third-order valence-corrected chi connectivity index (χ3v) is 4.70. The van der Waals surface area contributed by atoms with Gasteiger partial charge in [-0.05, 0) is 41.0 Å². The monoisotopic (exact) mass is 382 g/mol. The highest BCUT2D eigenvalue weighted by molar-refractivity contribution is 6.01. The predicted molar refractivity (Wildman–Crippen MR) is 109 cm³/mol. The molecule has 3 aromatic rings. The second-order valence-electron chi connectivity index (χ2n) is 6.63. The van der Waals surface area contributed by atoms with Crippen molar-refractivity contribution in [3.05, 3.63) is 89.5 Å². The molecule has 0 saturated heterocycles. The molecule has 142 valence electrons. The van der Waals surface area contributed by atoms with Crippen LogP contribution < -0.4 is 10.2 Å². The van der Waals surface area contributed by atoms with Crippen LogP contribution in [0.25, 0.3) is 11.1 Å². The van der Waals surface area contributed by atoms with E-state index in [0.29, 0.717) is 17.9 Å². The summed E-state index contributed by atoms with van der Waals surface area (Å²) in [7, 11) is 0. The third-order valence-electron chi connectivity index (χ3n) is 4.70. The Morgan fingerprint density at radius 2 is 1.69 bits per heavy atom. The summed E-state index contributed by atoms with van der Waals surface area (Å²) in [5, 5.41) is 18.6. The van der Waals surface area contributed by atoms with Crippen LogP contribution in [0.2, 0.25) is 0 Å². The lowest BCUT2D eigenvalue weighted by atomic mass is 10.0. The first-order valence-corrected chi connectivity index (χ1v) is 9.11. The van der Waals surface area contributed by atoms with E-state index in [9.17, 15) is 4.79 Å². The average Bonchev–Trinajstić information content (AvgIpc) is 3.08. The molecule has 0 atom stereocenters. The zero-order valence-corrected chi connectivity index (χ0v) is 15.6. The van der Waals surface area contributed by atoms with Gasteiger partial charge in [0.15, 0.2) is 6.61 Å². The lowest BCUT2D eigenvalue weighted by Crippen LogP contribution is -2.44. The van der Waals surface area contributed by atoms with Crippen LogP contribution in [-0.4, -0.2) is 23.4 Å². The second kappa shape index (κ2) is 7.87. The van der Waals surface area contributed by atoms with Gasteiger partial charge in [0, 0.05) is 5.56 Å². The molecule has 29 heavy (non-hydrogen) atoms. The zero-order chi connectivity index (χ0) is 20.2. The number of amidine groups is 1. The molecule has 0 fully saturated rings. The molecule has 1 aliphatic heterocycles. The first kappa shape index (κ1) is 18.3. The van der Waals surface area contributed by atoms with Gasteiger partial charge in [0.1, 0.15) is 11.6 Å². The molecule has 4 rings (SSSR count). The summed E-state index contributed by atoms with van der Waals surface area (Å²) < 4.78 is 5.57. The summed E-state index contributed by atoms with van der Waals surface area (Å²) in [6, 6.07) is 24.5. The van der Waals surface area contributed by atoms with Crippen LogP contribution in [0.3, 0.4) is 0 Å². The smallest absolute Gasteiger partial charge is 0.276 e. The largest absolute Gasteiger partial charge is 0.484 e. The number of nitrogens with one attached hydrogen (secondary N) is 2. The number of benzene rings is 3. The van der Waals surface area contributed by atoms with E-state index in [1.807, 2.05) is 48.5 Å². The minimum absolute atomic E-state index is 0.143. The number of hydrazine groups is 1. The van der Waals surface area contributed by atoms with Gasteiger partial charge in [-0.3, -0.25) is 20.6 Å². The van der Waals surface area contributed by atoms with E-state index in [-0.39, 0.29) is 18.3 Å². The van der Waals surface area contributed by atoms with E-state index in [4.69, 9.17) is 15.4 Å². The maximum absolute atomic E-state index is 12.2. The van der Waals surface area contributed by atoms with Crippen molar-refractivity contribution in [1.82, 2.24) is 10.4 Å². The van der Waals surface area contributed by atoms with E-state index in [2.05, 4.69) is 11.5 Å². The Labute approximate surface area is 168 Å². The maximum atomic E-state index is 12.2. The molecule has 6 nitrogen and oxygen atoms in total. The number of ether oxygens (including phenoxy) is 1. The molecule has 6 heteroatoms. The predicted octanol–water partition coefficient (Wildman–Crippen LogP) is 3.48. The Morgan fingerprint density at radius 1 is 1.03 bits per heavy atom. The number of amides is 1. The lowest BCUT2D eigenvalue weighted by Gasteiger charge is -2.19. The van der Waals surface area contributed by atoms with E-state index in [1.165, 1.54) is 5.01 Å². The molecule has 1 aliphatic rings. The van der Waals surface area contributed by atoms with Crippen LogP contribution in [0.5, 0.6) is 5.75 Å². The Balaban J connectivity index is 1.32. The number of carbonyl (C=O) groups excluding carboxylic acids is 1. The maximum Gasteiger partial charge on any atom is 0.276 e. The van der Waals surface area contributed by atoms with E-state index in [0.717, 1.165) is 22.3 Å². The number of nitriles is 1. The Bertz CT molecular complexity index is 1100. The molecular weight excluding hydrogens is 364 g/mol. The Morgan fingerprint density at radius 3 is 2.34 bits per heavy atom. The minimum atomic E-state index is -0.321. The summed E-state index contributed by atoms with van der Waals surface area (Å²) in [4.78, 5) is 12.2.